The van der Waals surface area contributed by atoms with Crippen LogP contribution in [0, 0.1) is 0 Å². The lowest BCUT2D eigenvalue weighted by atomic mass is 10.2. The summed E-state index contributed by atoms with van der Waals surface area (Å²) in [5.74, 6) is -0.810. The third-order valence-electron chi connectivity index (χ3n) is 4.18. The Balaban J connectivity index is 1.64. The molecule has 142 valence electrons. The molecule has 0 saturated carbocycles. The zero-order chi connectivity index (χ0) is 19.2. The molecule has 0 aromatic carbocycles. The van der Waals surface area contributed by atoms with Gasteiger partial charge in [0.25, 0.3) is 5.91 Å². The summed E-state index contributed by atoms with van der Waals surface area (Å²) < 4.78 is 4.57. The third-order valence-corrected chi connectivity index (χ3v) is 5.08. The van der Waals surface area contributed by atoms with Crippen LogP contribution in [0.15, 0.2) is 29.9 Å². The molecule has 0 radical (unpaired) electrons. The second-order valence-electron chi connectivity index (χ2n) is 6.01. The summed E-state index contributed by atoms with van der Waals surface area (Å²) in [5, 5.41) is 5.32. The Morgan fingerprint density at radius 1 is 1.22 bits per heavy atom. The summed E-state index contributed by atoms with van der Waals surface area (Å²) in [6, 6.07) is 3.69. The van der Waals surface area contributed by atoms with Crippen molar-refractivity contribution in [1.29, 1.82) is 0 Å². The van der Waals surface area contributed by atoms with Gasteiger partial charge in [-0.3, -0.25) is 24.4 Å². The molecule has 0 atom stereocenters. The van der Waals surface area contributed by atoms with E-state index in [1.807, 2.05) is 12.1 Å². The number of aromatic nitrogens is 2. The Morgan fingerprint density at radius 2 is 2.04 bits per heavy atom. The maximum atomic E-state index is 12.8. The first-order chi connectivity index (χ1) is 13.1. The smallest absolute Gasteiger partial charge is 0.305 e. The molecule has 3 heterocycles. The SMILES string of the molecule is COC(=O)CCCC(=O)N1CCCN1C(=O)c1csc(-c2cccnc2)n1. The molecule has 0 aliphatic carbocycles. The zero-order valence-electron chi connectivity index (χ0n) is 15.0. The van der Waals surface area contributed by atoms with Crippen LogP contribution in [-0.2, 0) is 14.3 Å². The van der Waals surface area contributed by atoms with Crippen molar-refractivity contribution in [3.05, 3.63) is 35.6 Å². The van der Waals surface area contributed by atoms with Crippen molar-refractivity contribution in [3.63, 3.8) is 0 Å². The van der Waals surface area contributed by atoms with Gasteiger partial charge in [0, 0.05) is 49.3 Å². The second kappa shape index (κ2) is 8.72. The predicted molar refractivity (Wildman–Crippen MR) is 98.6 cm³/mol. The lowest BCUT2D eigenvalue weighted by molar-refractivity contribution is -0.142. The molecule has 0 spiro atoms. The maximum absolute atomic E-state index is 12.8. The number of amides is 2. The third kappa shape index (κ3) is 4.48. The molecule has 2 aromatic heterocycles. The van der Waals surface area contributed by atoms with Gasteiger partial charge in [0.05, 0.1) is 7.11 Å². The number of methoxy groups -OCH3 is 1. The number of nitrogens with zero attached hydrogens (tertiary/aromatic N) is 4. The molecule has 2 aromatic rings. The molecule has 27 heavy (non-hydrogen) atoms. The van der Waals surface area contributed by atoms with Gasteiger partial charge in [-0.1, -0.05) is 0 Å². The number of rotatable bonds is 6. The van der Waals surface area contributed by atoms with E-state index in [-0.39, 0.29) is 30.6 Å². The number of hydrazine groups is 1. The number of thiazole rings is 1. The predicted octanol–water partition coefficient (Wildman–Crippen LogP) is 2.14. The normalized spacial score (nSPS) is 13.7. The Morgan fingerprint density at radius 3 is 2.78 bits per heavy atom. The Kier molecular flexibility index (Phi) is 6.12. The molecule has 0 N–H and O–H groups in total. The summed E-state index contributed by atoms with van der Waals surface area (Å²) in [6.45, 7) is 0.962. The van der Waals surface area contributed by atoms with Crippen LogP contribution < -0.4 is 0 Å². The molecule has 1 aliphatic heterocycles. The van der Waals surface area contributed by atoms with Gasteiger partial charge < -0.3 is 4.74 Å². The topological polar surface area (TPSA) is 92.7 Å². The molecular weight excluding hydrogens is 368 g/mol. The van der Waals surface area contributed by atoms with Crippen molar-refractivity contribution in [2.45, 2.75) is 25.7 Å². The minimum absolute atomic E-state index is 0.174. The van der Waals surface area contributed by atoms with Gasteiger partial charge in [-0.15, -0.1) is 11.3 Å². The molecule has 1 fully saturated rings. The van der Waals surface area contributed by atoms with Crippen LogP contribution in [0.3, 0.4) is 0 Å². The van der Waals surface area contributed by atoms with Gasteiger partial charge in [-0.25, -0.2) is 9.99 Å². The van der Waals surface area contributed by atoms with Crippen LogP contribution in [0.4, 0.5) is 0 Å². The van der Waals surface area contributed by atoms with Gasteiger partial charge in [-0.2, -0.15) is 0 Å². The van der Waals surface area contributed by atoms with Crippen LogP contribution in [0.2, 0.25) is 0 Å². The minimum atomic E-state index is -0.345. The molecule has 0 unspecified atom stereocenters. The average Bonchev–Trinajstić information content (AvgIpc) is 3.37. The quantitative estimate of drug-likeness (QED) is 0.704. The molecule has 9 heteroatoms. The van der Waals surface area contributed by atoms with Crippen molar-refractivity contribution in [1.82, 2.24) is 20.0 Å². The fraction of sp³-hybridized carbons (Fsp3) is 0.389. The fourth-order valence-corrected chi connectivity index (χ4v) is 3.61. The van der Waals surface area contributed by atoms with Crippen LogP contribution >= 0.6 is 11.3 Å². The highest BCUT2D eigenvalue weighted by Gasteiger charge is 2.32. The van der Waals surface area contributed by atoms with E-state index in [0.29, 0.717) is 36.6 Å². The van der Waals surface area contributed by atoms with Gasteiger partial charge >= 0.3 is 5.97 Å². The van der Waals surface area contributed by atoms with E-state index in [0.717, 1.165) is 5.56 Å². The van der Waals surface area contributed by atoms with E-state index >= 15 is 0 Å². The van der Waals surface area contributed by atoms with E-state index in [4.69, 9.17) is 0 Å². The highest BCUT2D eigenvalue weighted by atomic mass is 32.1. The lowest BCUT2D eigenvalue weighted by Gasteiger charge is -2.27. The highest BCUT2D eigenvalue weighted by Crippen LogP contribution is 2.24. The molecule has 8 nitrogen and oxygen atoms in total. The van der Waals surface area contributed by atoms with Crippen LogP contribution in [0.5, 0.6) is 0 Å². The molecular formula is C18H20N4O4S. The first-order valence-corrected chi connectivity index (χ1v) is 9.53. The first kappa shape index (κ1) is 19.0. The van der Waals surface area contributed by atoms with Crippen molar-refractivity contribution in [3.8, 4) is 10.6 Å². The second-order valence-corrected chi connectivity index (χ2v) is 6.87. The zero-order valence-corrected chi connectivity index (χ0v) is 15.8. The van der Waals surface area contributed by atoms with Gasteiger partial charge in [-0.05, 0) is 25.0 Å². The Labute approximate surface area is 160 Å². The van der Waals surface area contributed by atoms with Crippen molar-refractivity contribution < 1.29 is 19.1 Å². The van der Waals surface area contributed by atoms with E-state index in [1.165, 1.54) is 28.5 Å². The summed E-state index contributed by atoms with van der Waals surface area (Å²) in [4.78, 5) is 44.9. The standard InChI is InChI=1S/C18H20N4O4S/c1-26-16(24)7-2-6-15(23)21-9-4-10-22(21)18(25)14-12-27-17(20-14)13-5-3-8-19-11-13/h3,5,8,11-12H,2,4,6-7,9-10H2,1H3. The fourth-order valence-electron chi connectivity index (χ4n) is 2.82. The van der Waals surface area contributed by atoms with E-state index < -0.39 is 0 Å². The number of esters is 1. The molecule has 3 rings (SSSR count). The first-order valence-electron chi connectivity index (χ1n) is 8.65. The van der Waals surface area contributed by atoms with Crippen LogP contribution in [0.1, 0.15) is 36.2 Å². The van der Waals surface area contributed by atoms with Gasteiger partial charge in [0.2, 0.25) is 5.91 Å². The van der Waals surface area contributed by atoms with Crippen LogP contribution in [0.25, 0.3) is 10.6 Å². The van der Waals surface area contributed by atoms with E-state index in [9.17, 15) is 14.4 Å². The Bertz CT molecular complexity index is 824. The Hall–Kier alpha value is -2.81. The number of carbonyl (C=O) groups is 3. The average molecular weight is 388 g/mol. The number of hydrogen-bond donors (Lipinski definition) is 0. The lowest BCUT2D eigenvalue weighted by Crippen LogP contribution is -2.44. The van der Waals surface area contributed by atoms with Crippen molar-refractivity contribution in [2.24, 2.45) is 0 Å². The van der Waals surface area contributed by atoms with Crippen LogP contribution in [-0.4, -0.2) is 58.0 Å². The maximum Gasteiger partial charge on any atom is 0.305 e. The minimum Gasteiger partial charge on any atom is -0.469 e. The summed E-state index contributed by atoms with van der Waals surface area (Å²) in [7, 11) is 1.32. The number of pyridine rings is 1. The van der Waals surface area contributed by atoms with Gasteiger partial charge in [0.15, 0.2) is 0 Å². The molecule has 0 bridgehead atoms. The van der Waals surface area contributed by atoms with Crippen molar-refractivity contribution in [2.75, 3.05) is 20.2 Å². The summed E-state index contributed by atoms with van der Waals surface area (Å²) in [5.41, 5.74) is 1.16. The largest absolute Gasteiger partial charge is 0.469 e. The summed E-state index contributed by atoms with van der Waals surface area (Å²) >= 11 is 1.37. The van der Waals surface area contributed by atoms with E-state index in [1.54, 1.807) is 17.8 Å². The van der Waals surface area contributed by atoms with Gasteiger partial charge in [0.1, 0.15) is 10.7 Å². The number of carbonyl (C=O) groups excluding carboxylic acids is 3. The molecule has 1 aliphatic rings. The van der Waals surface area contributed by atoms with E-state index in [2.05, 4.69) is 14.7 Å². The van der Waals surface area contributed by atoms with Crippen molar-refractivity contribution >= 4 is 29.1 Å². The highest BCUT2D eigenvalue weighted by molar-refractivity contribution is 7.13. The molecule has 2 amide bonds. The number of hydrogen-bond acceptors (Lipinski definition) is 7. The number of ether oxygens (including phenoxy) is 1. The molecule has 1 saturated heterocycles. The summed E-state index contributed by atoms with van der Waals surface area (Å²) in [6.07, 6.45) is 4.86. The monoisotopic (exact) mass is 388 g/mol.